The van der Waals surface area contributed by atoms with Gasteiger partial charge in [-0.25, -0.2) is 0 Å². The highest BCUT2D eigenvalue weighted by Crippen LogP contribution is 2.53. The van der Waals surface area contributed by atoms with Crippen molar-refractivity contribution in [3.63, 3.8) is 0 Å². The van der Waals surface area contributed by atoms with Crippen molar-refractivity contribution >= 4 is 36.4 Å². The minimum atomic E-state index is 0.253. The van der Waals surface area contributed by atoms with Crippen LogP contribution in [0.2, 0.25) is 0 Å². The first-order valence-electron chi connectivity index (χ1n) is 13.0. The van der Waals surface area contributed by atoms with Crippen LogP contribution in [0.4, 0.5) is 0 Å². The van der Waals surface area contributed by atoms with E-state index in [9.17, 15) is 0 Å². The first-order valence-corrected chi connectivity index (χ1v) is 14.8. The molecule has 175 valence electrons. The number of benzene rings is 2. The van der Waals surface area contributed by atoms with Gasteiger partial charge in [0.25, 0.3) is 4.93 Å². The number of rotatable bonds is 14. The summed E-state index contributed by atoms with van der Waals surface area (Å²) >= 11 is 5.88. The number of unbranched alkanes of at least 4 members (excludes halogenated alkanes) is 10. The summed E-state index contributed by atoms with van der Waals surface area (Å²) in [5.41, 5.74) is 6.48. The quantitative estimate of drug-likeness (QED) is 0.159. The molecule has 1 aliphatic carbocycles. The van der Waals surface area contributed by atoms with Crippen LogP contribution in [0.3, 0.4) is 0 Å². The lowest BCUT2D eigenvalue weighted by molar-refractivity contribution is 0.398. The summed E-state index contributed by atoms with van der Waals surface area (Å²) in [5, 5.41) is 0. The summed E-state index contributed by atoms with van der Waals surface area (Å²) < 4.78 is 0. The third-order valence-electron chi connectivity index (χ3n) is 7.09. The van der Waals surface area contributed by atoms with Crippen LogP contribution in [0.1, 0.15) is 115 Å². The van der Waals surface area contributed by atoms with Crippen LogP contribution in [0.25, 0.3) is 11.1 Å². The lowest BCUT2D eigenvalue weighted by atomic mass is 9.70. The molecule has 0 heterocycles. The number of hydrogen-bond donors (Lipinski definition) is 0. The van der Waals surface area contributed by atoms with Crippen LogP contribution in [0.15, 0.2) is 48.5 Å². The molecule has 32 heavy (non-hydrogen) atoms. The maximum Gasteiger partial charge on any atom is 0.294 e. The fraction of sp³-hybridized carbons (Fsp3) is 0.586. The maximum absolute atomic E-state index is 2.94. The van der Waals surface area contributed by atoms with Gasteiger partial charge in [0.1, 0.15) is 0 Å². The SMILES string of the molecule is Br[B]Br.CCCCCCCCC1(CCCCCCCC)c2ccccc2-c2ccccc21. The van der Waals surface area contributed by atoms with Gasteiger partial charge in [-0.3, -0.25) is 0 Å². The van der Waals surface area contributed by atoms with E-state index in [2.05, 4.69) is 93.9 Å². The van der Waals surface area contributed by atoms with Crippen molar-refractivity contribution in [1.29, 1.82) is 0 Å². The molecule has 0 unspecified atom stereocenters. The summed E-state index contributed by atoms with van der Waals surface area (Å²) in [5.74, 6) is 0. The van der Waals surface area contributed by atoms with Gasteiger partial charge in [-0.2, -0.15) is 0 Å². The first-order chi connectivity index (χ1) is 15.7. The van der Waals surface area contributed by atoms with Crippen molar-refractivity contribution in [1.82, 2.24) is 0 Å². The van der Waals surface area contributed by atoms with E-state index in [4.69, 9.17) is 0 Å². The van der Waals surface area contributed by atoms with Gasteiger partial charge >= 0.3 is 0 Å². The summed E-state index contributed by atoms with van der Waals surface area (Å²) in [4.78, 5) is 1.62. The Balaban J connectivity index is 0.00000114. The molecule has 0 saturated heterocycles. The zero-order valence-electron chi connectivity index (χ0n) is 20.4. The molecule has 0 fully saturated rings. The molecule has 1 aliphatic rings. The molecule has 0 spiro atoms. The van der Waals surface area contributed by atoms with E-state index in [1.165, 1.54) is 101 Å². The molecule has 0 N–H and O–H groups in total. The van der Waals surface area contributed by atoms with Gasteiger partial charge in [0.05, 0.1) is 0 Å². The van der Waals surface area contributed by atoms with Crippen LogP contribution in [-0.2, 0) is 5.41 Å². The van der Waals surface area contributed by atoms with Crippen molar-refractivity contribution in [3.8, 4) is 11.1 Å². The monoisotopic (exact) mass is 559 g/mol. The maximum atomic E-state index is 2.94. The van der Waals surface area contributed by atoms with E-state index >= 15 is 0 Å². The van der Waals surface area contributed by atoms with Crippen LogP contribution in [0, 0.1) is 0 Å². The Morgan fingerprint density at radius 3 is 1.31 bits per heavy atom. The third kappa shape index (κ3) is 7.76. The van der Waals surface area contributed by atoms with Gasteiger partial charge in [0.2, 0.25) is 0 Å². The van der Waals surface area contributed by atoms with Crippen molar-refractivity contribution in [2.24, 2.45) is 0 Å². The van der Waals surface area contributed by atoms with Crippen LogP contribution in [-0.4, -0.2) is 4.93 Å². The Labute approximate surface area is 215 Å². The highest BCUT2D eigenvalue weighted by molar-refractivity contribution is 9.47. The molecule has 1 radical (unpaired) electrons. The van der Waals surface area contributed by atoms with E-state index in [-0.39, 0.29) is 5.41 Å². The zero-order valence-corrected chi connectivity index (χ0v) is 23.5. The topological polar surface area (TPSA) is 0 Å². The van der Waals surface area contributed by atoms with Crippen LogP contribution < -0.4 is 0 Å². The Morgan fingerprint density at radius 1 is 0.562 bits per heavy atom. The van der Waals surface area contributed by atoms with Crippen LogP contribution >= 0.6 is 31.5 Å². The summed E-state index contributed by atoms with van der Waals surface area (Å²) in [6, 6.07) is 18.6. The normalized spacial score (nSPS) is 13.1. The molecule has 3 rings (SSSR count). The molecule has 0 nitrogen and oxygen atoms in total. The second-order valence-corrected chi connectivity index (χ2v) is 11.4. The van der Waals surface area contributed by atoms with Crippen molar-refractivity contribution in [2.45, 2.75) is 109 Å². The lowest BCUT2D eigenvalue weighted by Gasteiger charge is -2.33. The molecule has 0 aromatic heterocycles. The van der Waals surface area contributed by atoms with E-state index in [0.29, 0.717) is 0 Å². The van der Waals surface area contributed by atoms with Gasteiger partial charge < -0.3 is 0 Å². The van der Waals surface area contributed by atoms with Gasteiger partial charge in [0.15, 0.2) is 0 Å². The molecule has 3 heteroatoms. The first kappa shape index (κ1) is 27.7. The van der Waals surface area contributed by atoms with Crippen molar-refractivity contribution in [2.75, 3.05) is 0 Å². The molecule has 0 bridgehead atoms. The second-order valence-electron chi connectivity index (χ2n) is 9.29. The Hall–Kier alpha value is -0.535. The third-order valence-corrected chi connectivity index (χ3v) is 7.09. The van der Waals surface area contributed by atoms with Crippen molar-refractivity contribution in [3.05, 3.63) is 59.7 Å². The van der Waals surface area contributed by atoms with Gasteiger partial charge in [-0.15, -0.1) is 31.5 Å². The van der Waals surface area contributed by atoms with E-state index in [1.807, 2.05) is 0 Å². The highest BCUT2D eigenvalue weighted by Gasteiger charge is 2.41. The fourth-order valence-corrected chi connectivity index (χ4v) is 5.49. The molecule has 0 atom stereocenters. The lowest BCUT2D eigenvalue weighted by Crippen LogP contribution is -2.25. The largest absolute Gasteiger partial charge is 0.294 e. The standard InChI is InChI=1S/C29H42.BBr2/c1-3-5-7-9-11-17-23-29(24-18-12-10-8-6-4-2)27-21-15-13-19-25(27)26-20-14-16-22-28(26)29;2-1-3/h13-16,19-22H,3-12,17-18,23-24H2,1-2H3;. The Kier molecular flexibility index (Phi) is 14.0. The number of hydrogen-bond acceptors (Lipinski definition) is 0. The number of halogens is 2. The van der Waals surface area contributed by atoms with Gasteiger partial charge in [-0.05, 0) is 35.1 Å². The molecule has 0 aliphatic heterocycles. The predicted molar refractivity (Wildman–Crippen MR) is 152 cm³/mol. The average Bonchev–Trinajstić information content (AvgIpc) is 3.09. The second kappa shape index (κ2) is 16.2. The minimum absolute atomic E-state index is 0.253. The molecule has 0 saturated carbocycles. The summed E-state index contributed by atoms with van der Waals surface area (Å²) in [6.45, 7) is 4.61. The van der Waals surface area contributed by atoms with Crippen molar-refractivity contribution < 1.29 is 0 Å². The average molecular weight is 561 g/mol. The fourth-order valence-electron chi connectivity index (χ4n) is 5.49. The predicted octanol–water partition coefficient (Wildman–Crippen LogP) is 10.8. The molecule has 0 amide bonds. The highest BCUT2D eigenvalue weighted by atomic mass is 79.9. The molecular formula is C29H42BBr2. The van der Waals surface area contributed by atoms with E-state index in [1.54, 1.807) is 16.1 Å². The zero-order chi connectivity index (χ0) is 23.1. The van der Waals surface area contributed by atoms with E-state index < -0.39 is 0 Å². The molecule has 2 aromatic carbocycles. The molecular weight excluding hydrogens is 519 g/mol. The number of fused-ring (bicyclic) bond motifs is 3. The molecule has 2 aromatic rings. The van der Waals surface area contributed by atoms with Gasteiger partial charge in [0, 0.05) is 5.41 Å². The Bertz CT molecular complexity index is 695. The summed E-state index contributed by atoms with van der Waals surface area (Å²) in [6.07, 6.45) is 19.3. The van der Waals surface area contributed by atoms with Crippen LogP contribution in [0.5, 0.6) is 0 Å². The smallest absolute Gasteiger partial charge is 0.147 e. The summed E-state index contributed by atoms with van der Waals surface area (Å²) in [7, 11) is 0. The van der Waals surface area contributed by atoms with Gasteiger partial charge in [-0.1, -0.05) is 139 Å². The minimum Gasteiger partial charge on any atom is -0.147 e. The Morgan fingerprint density at radius 2 is 0.906 bits per heavy atom. The van der Waals surface area contributed by atoms with E-state index in [0.717, 1.165) is 0 Å².